The Bertz CT molecular complexity index is 481. The molecule has 0 fully saturated rings. The fourth-order valence-electron chi connectivity index (χ4n) is 1.31. The van der Waals surface area contributed by atoms with E-state index >= 15 is 0 Å². The van der Waals surface area contributed by atoms with Gasteiger partial charge in [-0.2, -0.15) is 5.10 Å². The molecule has 0 amide bonds. The van der Waals surface area contributed by atoms with E-state index in [9.17, 15) is 10.1 Å². The Balaban J connectivity index is 2.04. The van der Waals surface area contributed by atoms with E-state index in [2.05, 4.69) is 15.5 Å². The molecule has 1 heterocycles. The average molecular weight is 218 g/mol. The summed E-state index contributed by atoms with van der Waals surface area (Å²) < 4.78 is 0. The van der Waals surface area contributed by atoms with Gasteiger partial charge in [0, 0.05) is 24.0 Å². The van der Waals surface area contributed by atoms with Crippen LogP contribution in [0, 0.1) is 10.1 Å². The van der Waals surface area contributed by atoms with Crippen LogP contribution in [0.5, 0.6) is 0 Å². The zero-order valence-corrected chi connectivity index (χ0v) is 8.38. The molecule has 2 aromatic rings. The molecule has 0 aliphatic heterocycles. The second kappa shape index (κ2) is 4.43. The lowest BCUT2D eigenvalue weighted by atomic mass is 10.3. The van der Waals surface area contributed by atoms with E-state index in [0.717, 1.165) is 5.69 Å². The summed E-state index contributed by atoms with van der Waals surface area (Å²) in [7, 11) is 0. The van der Waals surface area contributed by atoms with Crippen LogP contribution in [0.25, 0.3) is 0 Å². The first kappa shape index (κ1) is 10.2. The first-order chi connectivity index (χ1) is 7.75. The molecule has 6 heteroatoms. The maximum atomic E-state index is 10.5. The molecule has 0 atom stereocenters. The predicted octanol–water partition coefficient (Wildman–Crippen LogP) is 1.93. The van der Waals surface area contributed by atoms with E-state index < -0.39 is 4.92 Å². The van der Waals surface area contributed by atoms with Crippen molar-refractivity contribution in [2.45, 2.75) is 6.54 Å². The summed E-state index contributed by atoms with van der Waals surface area (Å²) in [5, 5.41) is 20.2. The van der Waals surface area contributed by atoms with Crippen LogP contribution in [0.4, 0.5) is 11.4 Å². The molecule has 16 heavy (non-hydrogen) atoms. The van der Waals surface area contributed by atoms with Crippen molar-refractivity contribution < 1.29 is 4.92 Å². The number of nitro benzene ring substituents is 1. The third kappa shape index (κ3) is 2.35. The number of aromatic amines is 1. The van der Waals surface area contributed by atoms with Crippen LogP contribution in [0.3, 0.4) is 0 Å². The van der Waals surface area contributed by atoms with Crippen molar-refractivity contribution in [3.05, 3.63) is 52.3 Å². The highest BCUT2D eigenvalue weighted by Crippen LogP contribution is 2.17. The van der Waals surface area contributed by atoms with E-state index in [4.69, 9.17) is 0 Å². The van der Waals surface area contributed by atoms with Crippen molar-refractivity contribution >= 4 is 11.4 Å². The van der Waals surface area contributed by atoms with E-state index in [1.54, 1.807) is 18.3 Å². The van der Waals surface area contributed by atoms with E-state index in [1.165, 1.54) is 12.1 Å². The second-order valence-corrected chi connectivity index (χ2v) is 3.24. The smallest absolute Gasteiger partial charge is 0.271 e. The van der Waals surface area contributed by atoms with E-state index in [0.29, 0.717) is 12.2 Å². The van der Waals surface area contributed by atoms with Gasteiger partial charge in [-0.25, -0.2) is 0 Å². The van der Waals surface area contributed by atoms with Crippen LogP contribution >= 0.6 is 0 Å². The number of nitrogens with zero attached hydrogens (tertiary/aromatic N) is 2. The van der Waals surface area contributed by atoms with Crippen LogP contribution in [0.2, 0.25) is 0 Å². The van der Waals surface area contributed by atoms with E-state index in [1.807, 2.05) is 6.07 Å². The van der Waals surface area contributed by atoms with Crippen LogP contribution in [0.15, 0.2) is 36.5 Å². The van der Waals surface area contributed by atoms with Gasteiger partial charge in [0.15, 0.2) is 0 Å². The zero-order valence-electron chi connectivity index (χ0n) is 8.38. The number of nitrogens with one attached hydrogen (secondary N) is 2. The Kier molecular flexibility index (Phi) is 2.81. The number of benzene rings is 1. The number of hydrogen-bond acceptors (Lipinski definition) is 4. The number of H-pyrrole nitrogens is 1. The number of aromatic nitrogens is 2. The standard InChI is InChI=1S/C10H10N4O2/c15-14(16)10-3-1-2-8(6-10)11-7-9-4-5-12-13-9/h1-6,11H,7H2,(H,12,13). The average Bonchev–Trinajstić information content (AvgIpc) is 2.79. The topological polar surface area (TPSA) is 83.8 Å². The minimum Gasteiger partial charge on any atom is -0.379 e. The summed E-state index contributed by atoms with van der Waals surface area (Å²) in [6.07, 6.45) is 1.66. The fraction of sp³-hybridized carbons (Fsp3) is 0.100. The van der Waals surface area contributed by atoms with Gasteiger partial charge in [0.1, 0.15) is 0 Å². The number of rotatable bonds is 4. The molecule has 6 nitrogen and oxygen atoms in total. The molecule has 0 aliphatic rings. The highest BCUT2D eigenvalue weighted by molar-refractivity contribution is 5.50. The third-order valence-electron chi connectivity index (χ3n) is 2.10. The first-order valence-electron chi connectivity index (χ1n) is 4.72. The number of anilines is 1. The molecule has 0 aliphatic carbocycles. The van der Waals surface area contributed by atoms with Gasteiger partial charge in [0.25, 0.3) is 5.69 Å². The lowest BCUT2D eigenvalue weighted by Crippen LogP contribution is -2.00. The molecular weight excluding hydrogens is 208 g/mol. The van der Waals surface area contributed by atoms with Gasteiger partial charge in [0.05, 0.1) is 17.2 Å². The predicted molar refractivity (Wildman–Crippen MR) is 59.0 cm³/mol. The van der Waals surface area contributed by atoms with Crippen molar-refractivity contribution in [3.8, 4) is 0 Å². The van der Waals surface area contributed by atoms with Crippen molar-refractivity contribution in [1.82, 2.24) is 10.2 Å². The van der Waals surface area contributed by atoms with Gasteiger partial charge in [0.2, 0.25) is 0 Å². The summed E-state index contributed by atoms with van der Waals surface area (Å²) in [6, 6.07) is 8.22. The van der Waals surface area contributed by atoms with Gasteiger partial charge in [-0.3, -0.25) is 15.2 Å². The normalized spacial score (nSPS) is 10.0. The Morgan fingerprint density at radius 1 is 1.44 bits per heavy atom. The molecule has 0 unspecified atom stereocenters. The highest BCUT2D eigenvalue weighted by Gasteiger charge is 2.05. The van der Waals surface area contributed by atoms with Crippen LogP contribution in [0.1, 0.15) is 5.69 Å². The van der Waals surface area contributed by atoms with Crippen molar-refractivity contribution in [2.75, 3.05) is 5.32 Å². The monoisotopic (exact) mass is 218 g/mol. The number of hydrogen-bond donors (Lipinski definition) is 2. The molecule has 82 valence electrons. The fourth-order valence-corrected chi connectivity index (χ4v) is 1.31. The molecule has 0 saturated heterocycles. The highest BCUT2D eigenvalue weighted by atomic mass is 16.6. The third-order valence-corrected chi connectivity index (χ3v) is 2.10. The molecule has 2 N–H and O–H groups in total. The Labute approximate surface area is 91.5 Å². The Morgan fingerprint density at radius 2 is 2.31 bits per heavy atom. The van der Waals surface area contributed by atoms with Gasteiger partial charge in [-0.1, -0.05) is 6.07 Å². The van der Waals surface area contributed by atoms with Gasteiger partial charge < -0.3 is 5.32 Å². The zero-order chi connectivity index (χ0) is 11.4. The maximum absolute atomic E-state index is 10.5. The molecular formula is C10H10N4O2. The van der Waals surface area contributed by atoms with Gasteiger partial charge >= 0.3 is 0 Å². The van der Waals surface area contributed by atoms with Gasteiger partial charge in [-0.15, -0.1) is 0 Å². The Hall–Kier alpha value is -2.37. The minimum absolute atomic E-state index is 0.0783. The first-order valence-corrected chi connectivity index (χ1v) is 4.72. The summed E-state index contributed by atoms with van der Waals surface area (Å²) >= 11 is 0. The minimum atomic E-state index is -0.415. The maximum Gasteiger partial charge on any atom is 0.271 e. The van der Waals surface area contributed by atoms with Crippen LogP contribution in [-0.2, 0) is 6.54 Å². The lowest BCUT2D eigenvalue weighted by molar-refractivity contribution is -0.384. The second-order valence-electron chi connectivity index (χ2n) is 3.24. The van der Waals surface area contributed by atoms with Crippen molar-refractivity contribution in [3.63, 3.8) is 0 Å². The van der Waals surface area contributed by atoms with Crippen LogP contribution in [-0.4, -0.2) is 15.1 Å². The van der Waals surface area contributed by atoms with Gasteiger partial charge in [-0.05, 0) is 12.1 Å². The molecule has 0 spiro atoms. The molecule has 0 saturated carbocycles. The Morgan fingerprint density at radius 3 is 3.00 bits per heavy atom. The molecule has 2 rings (SSSR count). The summed E-state index contributed by atoms with van der Waals surface area (Å²) in [5.74, 6) is 0. The number of non-ortho nitro benzene ring substituents is 1. The van der Waals surface area contributed by atoms with Crippen molar-refractivity contribution in [1.29, 1.82) is 0 Å². The summed E-state index contributed by atoms with van der Waals surface area (Å²) in [4.78, 5) is 10.1. The molecule has 1 aromatic carbocycles. The quantitative estimate of drug-likeness (QED) is 0.606. The largest absolute Gasteiger partial charge is 0.379 e. The summed E-state index contributed by atoms with van der Waals surface area (Å²) in [5.41, 5.74) is 1.71. The molecule has 1 aromatic heterocycles. The molecule has 0 radical (unpaired) electrons. The lowest BCUT2D eigenvalue weighted by Gasteiger charge is -2.03. The molecule has 0 bridgehead atoms. The van der Waals surface area contributed by atoms with Crippen molar-refractivity contribution in [2.24, 2.45) is 0 Å². The summed E-state index contributed by atoms with van der Waals surface area (Å²) in [6.45, 7) is 0.557. The number of nitro groups is 1. The van der Waals surface area contributed by atoms with E-state index in [-0.39, 0.29) is 5.69 Å². The SMILES string of the molecule is O=[N+]([O-])c1cccc(NCc2ccn[nH]2)c1. The van der Waals surface area contributed by atoms with Crippen LogP contribution < -0.4 is 5.32 Å².